The standard InChI is InChI=1S/C21H35N3O4/c1-22-21(24-12-9-18(10-13-24)27-16-6-14-25-2)23-11-5-15-28-20-8-4-7-19(17-20)26-3/h4,7-8,17-18H,5-6,9-16H2,1-3H3,(H,22,23). The van der Waals surface area contributed by atoms with E-state index in [2.05, 4.69) is 15.2 Å². The molecule has 0 spiro atoms. The Morgan fingerprint density at radius 3 is 2.61 bits per heavy atom. The predicted octanol–water partition coefficient (Wildman–Crippen LogP) is 2.56. The fourth-order valence-electron chi connectivity index (χ4n) is 3.17. The van der Waals surface area contributed by atoms with Gasteiger partial charge in [-0.05, 0) is 37.8 Å². The van der Waals surface area contributed by atoms with E-state index in [1.165, 1.54) is 0 Å². The molecule has 0 atom stereocenters. The SMILES string of the molecule is CN=C(NCCCOc1cccc(OC)c1)N1CCC(OCCCOC)CC1. The largest absolute Gasteiger partial charge is 0.497 e. The fraction of sp³-hybridized carbons (Fsp3) is 0.667. The number of benzene rings is 1. The number of rotatable bonds is 11. The Balaban J connectivity index is 1.60. The zero-order valence-corrected chi connectivity index (χ0v) is 17.5. The average molecular weight is 394 g/mol. The number of likely N-dealkylation sites (tertiary alicyclic amines) is 1. The highest BCUT2D eigenvalue weighted by Gasteiger charge is 2.21. The van der Waals surface area contributed by atoms with Crippen molar-refractivity contribution in [2.45, 2.75) is 31.8 Å². The summed E-state index contributed by atoms with van der Waals surface area (Å²) in [6.07, 6.45) is 4.27. The van der Waals surface area contributed by atoms with Crippen LogP contribution in [0.15, 0.2) is 29.3 Å². The van der Waals surface area contributed by atoms with Crippen LogP contribution in [0.5, 0.6) is 11.5 Å². The van der Waals surface area contributed by atoms with E-state index in [9.17, 15) is 0 Å². The monoisotopic (exact) mass is 393 g/mol. The summed E-state index contributed by atoms with van der Waals surface area (Å²) in [6.45, 7) is 4.94. The molecule has 0 unspecified atom stereocenters. The van der Waals surface area contributed by atoms with Crippen molar-refractivity contribution in [3.05, 3.63) is 24.3 Å². The Kier molecular flexibility index (Phi) is 10.5. The van der Waals surface area contributed by atoms with E-state index >= 15 is 0 Å². The minimum absolute atomic E-state index is 0.350. The van der Waals surface area contributed by atoms with Gasteiger partial charge in [0.25, 0.3) is 0 Å². The van der Waals surface area contributed by atoms with Crippen molar-refractivity contribution < 1.29 is 18.9 Å². The number of hydrogen-bond acceptors (Lipinski definition) is 5. The molecule has 1 aliphatic heterocycles. The van der Waals surface area contributed by atoms with E-state index in [4.69, 9.17) is 18.9 Å². The molecule has 2 rings (SSSR count). The lowest BCUT2D eigenvalue weighted by atomic mass is 10.1. The van der Waals surface area contributed by atoms with Crippen molar-refractivity contribution in [1.82, 2.24) is 10.2 Å². The van der Waals surface area contributed by atoms with Crippen molar-refractivity contribution in [2.75, 3.05) is 60.7 Å². The van der Waals surface area contributed by atoms with Crippen LogP contribution in [0.3, 0.4) is 0 Å². The number of ether oxygens (including phenoxy) is 4. The Labute approximate surface area is 169 Å². The lowest BCUT2D eigenvalue weighted by Gasteiger charge is -2.34. The summed E-state index contributed by atoms with van der Waals surface area (Å²) >= 11 is 0. The van der Waals surface area contributed by atoms with Gasteiger partial charge in [-0.1, -0.05) is 6.07 Å². The molecule has 1 saturated heterocycles. The van der Waals surface area contributed by atoms with Crippen LogP contribution in [0.25, 0.3) is 0 Å². The number of hydrogen-bond donors (Lipinski definition) is 1. The molecule has 1 N–H and O–H groups in total. The first-order chi connectivity index (χ1) is 13.8. The third-order valence-electron chi connectivity index (χ3n) is 4.71. The summed E-state index contributed by atoms with van der Waals surface area (Å²) < 4.78 is 22.0. The molecule has 7 nitrogen and oxygen atoms in total. The van der Waals surface area contributed by atoms with Gasteiger partial charge >= 0.3 is 0 Å². The maximum absolute atomic E-state index is 5.93. The Hall–Kier alpha value is -1.99. The molecule has 0 aromatic heterocycles. The quantitative estimate of drug-likeness (QED) is 0.354. The van der Waals surface area contributed by atoms with Gasteiger partial charge in [0.15, 0.2) is 5.96 Å². The van der Waals surface area contributed by atoms with E-state index in [0.29, 0.717) is 12.7 Å². The number of nitrogens with one attached hydrogen (secondary N) is 1. The van der Waals surface area contributed by atoms with Crippen LogP contribution >= 0.6 is 0 Å². The molecule has 1 aliphatic rings. The van der Waals surface area contributed by atoms with Crippen molar-refractivity contribution in [3.8, 4) is 11.5 Å². The molecule has 1 aromatic rings. The minimum atomic E-state index is 0.350. The first-order valence-electron chi connectivity index (χ1n) is 10.1. The summed E-state index contributed by atoms with van der Waals surface area (Å²) in [6, 6.07) is 7.68. The van der Waals surface area contributed by atoms with Gasteiger partial charge in [0.1, 0.15) is 11.5 Å². The van der Waals surface area contributed by atoms with Gasteiger partial charge in [0.2, 0.25) is 0 Å². The van der Waals surface area contributed by atoms with E-state index in [1.807, 2.05) is 31.3 Å². The normalized spacial score (nSPS) is 15.5. The van der Waals surface area contributed by atoms with E-state index in [1.54, 1.807) is 14.2 Å². The minimum Gasteiger partial charge on any atom is -0.497 e. The molecule has 0 amide bonds. The molecule has 7 heteroatoms. The lowest BCUT2D eigenvalue weighted by molar-refractivity contribution is 0.00991. The van der Waals surface area contributed by atoms with Crippen LogP contribution in [-0.4, -0.2) is 77.7 Å². The zero-order chi connectivity index (χ0) is 20.0. The van der Waals surface area contributed by atoms with E-state index in [-0.39, 0.29) is 0 Å². The second-order valence-electron chi connectivity index (χ2n) is 6.76. The van der Waals surface area contributed by atoms with Crippen LogP contribution in [0.2, 0.25) is 0 Å². The number of aliphatic imine (C=N–C) groups is 1. The Bertz CT molecular complexity index is 575. The van der Waals surface area contributed by atoms with Crippen LogP contribution in [0, 0.1) is 0 Å². The summed E-state index contributed by atoms with van der Waals surface area (Å²) in [5.41, 5.74) is 0. The lowest BCUT2D eigenvalue weighted by Crippen LogP contribution is -2.47. The molecule has 1 fully saturated rings. The highest BCUT2D eigenvalue weighted by Crippen LogP contribution is 2.19. The molecule has 0 radical (unpaired) electrons. The first-order valence-corrected chi connectivity index (χ1v) is 10.1. The molecule has 158 valence electrons. The van der Waals surface area contributed by atoms with Gasteiger partial charge < -0.3 is 29.2 Å². The van der Waals surface area contributed by atoms with E-state index < -0.39 is 0 Å². The highest BCUT2D eigenvalue weighted by molar-refractivity contribution is 5.79. The van der Waals surface area contributed by atoms with Crippen molar-refractivity contribution in [2.24, 2.45) is 4.99 Å². The van der Waals surface area contributed by atoms with Gasteiger partial charge in [0, 0.05) is 53.1 Å². The van der Waals surface area contributed by atoms with E-state index in [0.717, 1.165) is 76.0 Å². The molecule has 1 heterocycles. The van der Waals surface area contributed by atoms with Gasteiger partial charge in [0.05, 0.1) is 19.8 Å². The number of methoxy groups -OCH3 is 2. The van der Waals surface area contributed by atoms with Gasteiger partial charge in [-0.2, -0.15) is 0 Å². The summed E-state index contributed by atoms with van der Waals surface area (Å²) in [4.78, 5) is 6.72. The summed E-state index contributed by atoms with van der Waals surface area (Å²) in [7, 11) is 5.22. The van der Waals surface area contributed by atoms with Crippen LogP contribution in [0.4, 0.5) is 0 Å². The van der Waals surface area contributed by atoms with Gasteiger partial charge in [-0.25, -0.2) is 0 Å². The molecule has 1 aromatic carbocycles. The van der Waals surface area contributed by atoms with Crippen molar-refractivity contribution in [3.63, 3.8) is 0 Å². The first kappa shape index (κ1) is 22.3. The van der Waals surface area contributed by atoms with Crippen molar-refractivity contribution >= 4 is 5.96 Å². The zero-order valence-electron chi connectivity index (χ0n) is 17.5. The van der Waals surface area contributed by atoms with Crippen LogP contribution < -0.4 is 14.8 Å². The molecule has 28 heavy (non-hydrogen) atoms. The Morgan fingerprint density at radius 2 is 1.89 bits per heavy atom. The highest BCUT2D eigenvalue weighted by atomic mass is 16.5. The maximum Gasteiger partial charge on any atom is 0.193 e. The van der Waals surface area contributed by atoms with Crippen molar-refractivity contribution in [1.29, 1.82) is 0 Å². The Morgan fingerprint density at radius 1 is 1.11 bits per heavy atom. The predicted molar refractivity (Wildman–Crippen MR) is 112 cm³/mol. The molecular weight excluding hydrogens is 358 g/mol. The van der Waals surface area contributed by atoms with Crippen LogP contribution in [0.1, 0.15) is 25.7 Å². The molecular formula is C21H35N3O4. The third-order valence-corrected chi connectivity index (χ3v) is 4.71. The second-order valence-corrected chi connectivity index (χ2v) is 6.76. The topological polar surface area (TPSA) is 64.6 Å². The average Bonchev–Trinajstić information content (AvgIpc) is 2.74. The third kappa shape index (κ3) is 7.94. The summed E-state index contributed by atoms with van der Waals surface area (Å²) in [5.74, 6) is 2.60. The number of piperidine rings is 1. The molecule has 0 bridgehead atoms. The number of guanidine groups is 1. The number of nitrogens with zero attached hydrogens (tertiary/aromatic N) is 2. The second kappa shape index (κ2) is 13.2. The molecule has 0 saturated carbocycles. The van der Waals surface area contributed by atoms with Crippen LogP contribution in [-0.2, 0) is 9.47 Å². The maximum atomic E-state index is 5.93. The van der Waals surface area contributed by atoms with Gasteiger partial charge in [-0.15, -0.1) is 0 Å². The smallest absolute Gasteiger partial charge is 0.193 e. The van der Waals surface area contributed by atoms with Gasteiger partial charge in [-0.3, -0.25) is 4.99 Å². The molecule has 0 aliphatic carbocycles. The summed E-state index contributed by atoms with van der Waals surface area (Å²) in [5, 5.41) is 3.44. The fourth-order valence-corrected chi connectivity index (χ4v) is 3.17.